The summed E-state index contributed by atoms with van der Waals surface area (Å²) < 4.78 is 10.1. The number of nitrogens with one attached hydrogen (secondary N) is 1. The van der Waals surface area contributed by atoms with Gasteiger partial charge in [-0.15, -0.1) is 0 Å². The Kier molecular flexibility index (Phi) is 3.63. The van der Waals surface area contributed by atoms with Crippen LogP contribution < -0.4 is 5.32 Å². The zero-order valence-corrected chi connectivity index (χ0v) is 13.5. The summed E-state index contributed by atoms with van der Waals surface area (Å²) in [5.74, 6) is 2.05. The van der Waals surface area contributed by atoms with E-state index in [1.54, 1.807) is 0 Å². The second-order valence-corrected chi connectivity index (χ2v) is 6.14. The maximum Gasteiger partial charge on any atom is 0.136 e. The summed E-state index contributed by atoms with van der Waals surface area (Å²) in [4.78, 5) is 9.07. The third-order valence-corrected chi connectivity index (χ3v) is 4.41. The summed E-state index contributed by atoms with van der Waals surface area (Å²) in [6, 6.07) is 6.70. The van der Waals surface area contributed by atoms with Gasteiger partial charge >= 0.3 is 0 Å². The molecule has 120 valence electrons. The minimum atomic E-state index is 0.256. The lowest BCUT2D eigenvalue weighted by Crippen LogP contribution is -2.33. The minimum absolute atomic E-state index is 0.256. The summed E-state index contributed by atoms with van der Waals surface area (Å²) in [6.07, 6.45) is 3.79. The van der Waals surface area contributed by atoms with Gasteiger partial charge in [0.15, 0.2) is 0 Å². The fourth-order valence-electron chi connectivity index (χ4n) is 3.20. The second-order valence-electron chi connectivity index (χ2n) is 6.14. The largest absolute Gasteiger partial charge is 0.371 e. The van der Waals surface area contributed by atoms with E-state index in [1.165, 1.54) is 11.1 Å². The maximum atomic E-state index is 5.74. The minimum Gasteiger partial charge on any atom is -0.371 e. The highest BCUT2D eigenvalue weighted by atomic mass is 16.5. The Morgan fingerprint density at radius 2 is 2.30 bits per heavy atom. The van der Waals surface area contributed by atoms with Gasteiger partial charge in [-0.2, -0.15) is 0 Å². The smallest absolute Gasteiger partial charge is 0.136 e. The van der Waals surface area contributed by atoms with E-state index in [0.29, 0.717) is 13.2 Å². The molecular formula is C17H21N5O. The predicted octanol–water partition coefficient (Wildman–Crippen LogP) is 1.94. The van der Waals surface area contributed by atoms with E-state index in [0.717, 1.165) is 30.3 Å². The molecule has 6 nitrogen and oxygen atoms in total. The number of hydrogen-bond acceptors (Lipinski definition) is 4. The number of ether oxygens (including phenoxy) is 1. The number of aryl methyl sites for hydroxylation is 2. The predicted molar refractivity (Wildman–Crippen MR) is 88.1 cm³/mol. The van der Waals surface area contributed by atoms with Gasteiger partial charge in [-0.25, -0.2) is 9.97 Å². The highest BCUT2D eigenvalue weighted by Gasteiger charge is 2.23. The number of nitrogens with zero attached hydrogens (tertiary/aromatic N) is 4. The second kappa shape index (κ2) is 5.79. The molecule has 0 spiro atoms. The number of fused-ring (bicyclic) bond motifs is 3. The zero-order chi connectivity index (χ0) is 15.8. The summed E-state index contributed by atoms with van der Waals surface area (Å²) >= 11 is 0. The molecule has 0 bridgehead atoms. The van der Waals surface area contributed by atoms with Crippen LogP contribution in [0.1, 0.15) is 23.3 Å². The van der Waals surface area contributed by atoms with Crippen LogP contribution in [0.4, 0.5) is 0 Å². The molecule has 1 N–H and O–H groups in total. The van der Waals surface area contributed by atoms with Gasteiger partial charge in [0.2, 0.25) is 0 Å². The monoisotopic (exact) mass is 311 g/mol. The molecule has 0 fully saturated rings. The van der Waals surface area contributed by atoms with Crippen LogP contribution in [-0.2, 0) is 24.9 Å². The summed E-state index contributed by atoms with van der Waals surface area (Å²) in [6.45, 7) is 4.98. The van der Waals surface area contributed by atoms with Crippen molar-refractivity contribution >= 4 is 11.0 Å². The quantitative estimate of drug-likeness (QED) is 0.800. The number of aromatic nitrogens is 4. The van der Waals surface area contributed by atoms with Crippen molar-refractivity contribution in [3.8, 4) is 0 Å². The van der Waals surface area contributed by atoms with Crippen LogP contribution in [0.25, 0.3) is 11.0 Å². The van der Waals surface area contributed by atoms with Crippen LogP contribution in [0.2, 0.25) is 0 Å². The van der Waals surface area contributed by atoms with Crippen LogP contribution in [0.5, 0.6) is 0 Å². The van der Waals surface area contributed by atoms with Crippen LogP contribution in [-0.4, -0.2) is 32.3 Å². The summed E-state index contributed by atoms with van der Waals surface area (Å²) in [5.41, 5.74) is 3.48. The Morgan fingerprint density at radius 3 is 3.13 bits per heavy atom. The van der Waals surface area contributed by atoms with Crippen molar-refractivity contribution in [1.29, 1.82) is 0 Å². The highest BCUT2D eigenvalue weighted by Crippen LogP contribution is 2.26. The molecule has 0 saturated heterocycles. The number of hydrogen-bond donors (Lipinski definition) is 1. The van der Waals surface area contributed by atoms with Gasteiger partial charge in [-0.1, -0.05) is 6.07 Å². The van der Waals surface area contributed by atoms with E-state index in [-0.39, 0.29) is 6.04 Å². The molecule has 0 saturated carbocycles. The Morgan fingerprint density at radius 1 is 1.39 bits per heavy atom. The van der Waals surface area contributed by atoms with Crippen LogP contribution in [0.15, 0.2) is 30.6 Å². The number of benzene rings is 1. The molecule has 0 aliphatic carbocycles. The van der Waals surface area contributed by atoms with Crippen LogP contribution in [0.3, 0.4) is 0 Å². The fourth-order valence-corrected chi connectivity index (χ4v) is 3.20. The Balaban J connectivity index is 1.55. The van der Waals surface area contributed by atoms with Crippen molar-refractivity contribution in [2.24, 2.45) is 7.05 Å². The van der Waals surface area contributed by atoms with Gasteiger partial charge in [0.05, 0.1) is 30.2 Å². The molecule has 3 aromatic rings. The third-order valence-electron chi connectivity index (χ3n) is 4.41. The van der Waals surface area contributed by atoms with E-state index in [2.05, 4.69) is 40.0 Å². The Hall–Kier alpha value is -2.18. The molecule has 0 radical (unpaired) electrons. The number of rotatable bonds is 4. The average molecular weight is 311 g/mol. The van der Waals surface area contributed by atoms with E-state index >= 15 is 0 Å². The first kappa shape index (κ1) is 14.4. The van der Waals surface area contributed by atoms with Gasteiger partial charge in [0.1, 0.15) is 18.3 Å². The number of imidazole rings is 2. The molecular weight excluding hydrogens is 290 g/mol. The van der Waals surface area contributed by atoms with E-state index in [4.69, 9.17) is 9.72 Å². The normalized spacial score (nSPS) is 17.6. The van der Waals surface area contributed by atoms with Crippen molar-refractivity contribution in [3.05, 3.63) is 47.8 Å². The van der Waals surface area contributed by atoms with Crippen molar-refractivity contribution in [1.82, 2.24) is 24.4 Å². The molecule has 3 heterocycles. The Bertz CT molecular complexity index is 835. The standard InChI is InChI=1S/C17H21N5O/c1-12-3-4-15-14(7-12)20-17-11-23-10-13(22(15)17)8-18-9-16-19-5-6-21(16)2/h3-7,13,18H,8-11H2,1-2H3. The highest BCUT2D eigenvalue weighted by molar-refractivity contribution is 5.77. The molecule has 1 aromatic carbocycles. The molecule has 1 atom stereocenters. The lowest BCUT2D eigenvalue weighted by atomic mass is 10.2. The molecule has 23 heavy (non-hydrogen) atoms. The van der Waals surface area contributed by atoms with Crippen molar-refractivity contribution < 1.29 is 4.74 Å². The average Bonchev–Trinajstić information content (AvgIpc) is 3.10. The Labute approximate surface area is 135 Å². The molecule has 0 amide bonds. The topological polar surface area (TPSA) is 56.9 Å². The molecule has 1 unspecified atom stereocenters. The molecule has 1 aliphatic heterocycles. The molecule has 6 heteroatoms. The fraction of sp³-hybridized carbons (Fsp3) is 0.412. The first-order chi connectivity index (χ1) is 11.2. The summed E-state index contributed by atoms with van der Waals surface area (Å²) in [7, 11) is 2.01. The molecule has 1 aliphatic rings. The van der Waals surface area contributed by atoms with Crippen molar-refractivity contribution in [3.63, 3.8) is 0 Å². The van der Waals surface area contributed by atoms with Crippen LogP contribution in [0, 0.1) is 6.92 Å². The lowest BCUT2D eigenvalue weighted by Gasteiger charge is -2.26. The SMILES string of the molecule is Cc1ccc2c(c1)nc1n2C(CNCc2nccn2C)COC1. The van der Waals surface area contributed by atoms with Gasteiger partial charge in [0, 0.05) is 26.0 Å². The van der Waals surface area contributed by atoms with E-state index in [9.17, 15) is 0 Å². The van der Waals surface area contributed by atoms with Gasteiger partial charge < -0.3 is 19.2 Å². The lowest BCUT2D eigenvalue weighted by molar-refractivity contribution is 0.0563. The van der Waals surface area contributed by atoms with Crippen molar-refractivity contribution in [2.75, 3.05) is 13.2 Å². The maximum absolute atomic E-state index is 5.74. The van der Waals surface area contributed by atoms with Gasteiger partial charge in [0.25, 0.3) is 0 Å². The van der Waals surface area contributed by atoms with Crippen LogP contribution >= 0.6 is 0 Å². The first-order valence-corrected chi connectivity index (χ1v) is 7.94. The van der Waals surface area contributed by atoms with E-state index < -0.39 is 0 Å². The van der Waals surface area contributed by atoms with Crippen molar-refractivity contribution in [2.45, 2.75) is 26.1 Å². The third kappa shape index (κ3) is 2.64. The summed E-state index contributed by atoms with van der Waals surface area (Å²) in [5, 5.41) is 3.49. The first-order valence-electron chi connectivity index (χ1n) is 7.94. The van der Waals surface area contributed by atoms with Gasteiger partial charge in [-0.05, 0) is 24.6 Å². The molecule has 4 rings (SSSR count). The zero-order valence-electron chi connectivity index (χ0n) is 13.5. The van der Waals surface area contributed by atoms with E-state index in [1.807, 2.05) is 24.0 Å². The van der Waals surface area contributed by atoms with Gasteiger partial charge in [-0.3, -0.25) is 0 Å². The molecule has 2 aromatic heterocycles.